The molecule has 2 nitrogen and oxygen atoms in total. The molecule has 1 aliphatic heterocycles. The number of likely N-dealkylation sites (tertiary alicyclic amines) is 1. The topological polar surface area (TPSA) is 20.3 Å². The summed E-state index contributed by atoms with van der Waals surface area (Å²) in [4.78, 5) is 14.4. The zero-order valence-corrected chi connectivity index (χ0v) is 11.3. The summed E-state index contributed by atoms with van der Waals surface area (Å²) < 4.78 is 26.4. The largest absolute Gasteiger partial charge is 0.302 e. The van der Waals surface area contributed by atoms with E-state index in [0.717, 1.165) is 31.8 Å². The molecule has 1 heterocycles. The van der Waals surface area contributed by atoms with Crippen molar-refractivity contribution in [2.45, 2.75) is 12.8 Å². The molecule has 0 radical (unpaired) electrons. The first-order chi connectivity index (χ1) is 9.11. The van der Waals surface area contributed by atoms with Crippen LogP contribution in [0.15, 0.2) is 18.2 Å². The Bertz CT molecular complexity index is 459. The monoisotopic (exact) mass is 287 g/mol. The van der Waals surface area contributed by atoms with Crippen molar-refractivity contribution >= 4 is 17.4 Å². The van der Waals surface area contributed by atoms with Crippen molar-refractivity contribution in [2.24, 2.45) is 5.92 Å². The van der Waals surface area contributed by atoms with Gasteiger partial charge in [0.2, 0.25) is 0 Å². The molecule has 1 fully saturated rings. The fourth-order valence-corrected chi connectivity index (χ4v) is 2.69. The fourth-order valence-electron chi connectivity index (χ4n) is 2.45. The van der Waals surface area contributed by atoms with E-state index >= 15 is 0 Å². The van der Waals surface area contributed by atoms with Crippen molar-refractivity contribution in [3.63, 3.8) is 0 Å². The highest BCUT2D eigenvalue weighted by molar-refractivity contribution is 6.18. The summed E-state index contributed by atoms with van der Waals surface area (Å²) in [5.41, 5.74) is -0.00260. The Hall–Kier alpha value is -1.00. The Labute approximate surface area is 116 Å². The van der Waals surface area contributed by atoms with Gasteiger partial charge in [-0.25, -0.2) is 8.78 Å². The van der Waals surface area contributed by atoms with Gasteiger partial charge in [-0.2, -0.15) is 0 Å². The van der Waals surface area contributed by atoms with Crippen LogP contribution in [-0.2, 0) is 0 Å². The average molecular weight is 288 g/mol. The number of hydrogen-bond donors (Lipinski definition) is 0. The summed E-state index contributed by atoms with van der Waals surface area (Å²) in [6.45, 7) is 2.41. The Balaban J connectivity index is 2.01. The zero-order valence-electron chi connectivity index (χ0n) is 10.5. The molecular weight excluding hydrogens is 272 g/mol. The Morgan fingerprint density at radius 2 is 2.00 bits per heavy atom. The number of rotatable bonds is 4. The lowest BCUT2D eigenvalue weighted by atomic mass is 9.88. The van der Waals surface area contributed by atoms with Crippen LogP contribution in [0.3, 0.4) is 0 Å². The van der Waals surface area contributed by atoms with Crippen LogP contribution in [-0.4, -0.2) is 36.2 Å². The predicted molar refractivity (Wildman–Crippen MR) is 70.6 cm³/mol. The highest BCUT2D eigenvalue weighted by atomic mass is 35.5. The number of carbonyl (C=O) groups excluding carboxylic acids is 1. The van der Waals surface area contributed by atoms with Gasteiger partial charge in [0, 0.05) is 24.4 Å². The smallest absolute Gasteiger partial charge is 0.168 e. The van der Waals surface area contributed by atoms with Crippen LogP contribution in [0.25, 0.3) is 0 Å². The molecular formula is C14H16ClF2NO. The van der Waals surface area contributed by atoms with Crippen molar-refractivity contribution in [2.75, 3.05) is 25.5 Å². The molecule has 0 N–H and O–H groups in total. The molecule has 19 heavy (non-hydrogen) atoms. The number of piperidine rings is 1. The Morgan fingerprint density at radius 1 is 1.32 bits per heavy atom. The maximum absolute atomic E-state index is 13.6. The number of ketones is 1. The quantitative estimate of drug-likeness (QED) is 0.626. The molecule has 1 aromatic rings. The van der Waals surface area contributed by atoms with Gasteiger partial charge in [-0.15, -0.1) is 11.6 Å². The van der Waals surface area contributed by atoms with E-state index in [0.29, 0.717) is 18.7 Å². The number of benzene rings is 1. The maximum atomic E-state index is 13.6. The lowest BCUT2D eigenvalue weighted by molar-refractivity contribution is 0.0840. The first-order valence-corrected chi connectivity index (χ1v) is 6.93. The van der Waals surface area contributed by atoms with Gasteiger partial charge >= 0.3 is 0 Å². The lowest BCUT2D eigenvalue weighted by Crippen LogP contribution is -2.37. The second-order valence-corrected chi connectivity index (χ2v) is 5.17. The molecule has 1 aliphatic rings. The molecule has 0 saturated carbocycles. The van der Waals surface area contributed by atoms with Crippen LogP contribution in [0.5, 0.6) is 0 Å². The van der Waals surface area contributed by atoms with Gasteiger partial charge in [0.1, 0.15) is 11.6 Å². The molecule has 5 heteroatoms. The molecule has 0 spiro atoms. The van der Waals surface area contributed by atoms with E-state index in [-0.39, 0.29) is 17.3 Å². The van der Waals surface area contributed by atoms with Gasteiger partial charge in [-0.3, -0.25) is 4.79 Å². The molecule has 0 amide bonds. The molecule has 104 valence electrons. The third-order valence-electron chi connectivity index (χ3n) is 3.56. The summed E-state index contributed by atoms with van der Waals surface area (Å²) in [5, 5.41) is 0. The second-order valence-electron chi connectivity index (χ2n) is 4.79. The number of alkyl halides is 1. The summed E-state index contributed by atoms with van der Waals surface area (Å²) >= 11 is 5.67. The van der Waals surface area contributed by atoms with E-state index in [1.807, 2.05) is 0 Å². The number of Topliss-reactive ketones (excluding diaryl/α,β-unsaturated/α-hetero) is 1. The van der Waals surface area contributed by atoms with Crippen LogP contribution in [0.4, 0.5) is 8.78 Å². The molecule has 0 aromatic heterocycles. The van der Waals surface area contributed by atoms with Crippen LogP contribution < -0.4 is 0 Å². The van der Waals surface area contributed by atoms with Crippen molar-refractivity contribution in [1.82, 2.24) is 4.90 Å². The summed E-state index contributed by atoms with van der Waals surface area (Å²) in [5.74, 6) is -1.25. The minimum absolute atomic E-state index is 0.00260. The molecule has 0 unspecified atom stereocenters. The van der Waals surface area contributed by atoms with Crippen LogP contribution in [0, 0.1) is 17.6 Å². The molecule has 1 aromatic carbocycles. The third kappa shape index (κ3) is 3.51. The second kappa shape index (κ2) is 6.44. The standard InChI is InChI=1S/C14H16ClF2NO/c15-5-8-18-6-3-10(4-7-18)14(19)12-2-1-11(16)9-13(12)17/h1-2,9-10H,3-8H2. The normalized spacial score (nSPS) is 17.6. The maximum Gasteiger partial charge on any atom is 0.168 e. The van der Waals surface area contributed by atoms with Crippen LogP contribution >= 0.6 is 11.6 Å². The first kappa shape index (κ1) is 14.4. The highest BCUT2D eigenvalue weighted by Crippen LogP contribution is 2.23. The van der Waals surface area contributed by atoms with E-state index in [1.165, 1.54) is 6.07 Å². The summed E-state index contributed by atoms with van der Waals surface area (Å²) in [6.07, 6.45) is 1.40. The van der Waals surface area contributed by atoms with E-state index in [9.17, 15) is 13.6 Å². The van der Waals surface area contributed by atoms with Gasteiger partial charge in [-0.1, -0.05) is 0 Å². The fraction of sp³-hybridized carbons (Fsp3) is 0.500. The first-order valence-electron chi connectivity index (χ1n) is 6.39. The minimum Gasteiger partial charge on any atom is -0.302 e. The number of halogens is 3. The van der Waals surface area contributed by atoms with Gasteiger partial charge in [0.15, 0.2) is 5.78 Å². The average Bonchev–Trinajstić information content (AvgIpc) is 2.39. The van der Waals surface area contributed by atoms with Gasteiger partial charge in [-0.05, 0) is 38.1 Å². The van der Waals surface area contributed by atoms with Crippen molar-refractivity contribution in [3.8, 4) is 0 Å². The SMILES string of the molecule is O=C(c1ccc(F)cc1F)C1CCN(CCCl)CC1. The van der Waals surface area contributed by atoms with E-state index in [4.69, 9.17) is 11.6 Å². The number of nitrogens with zero attached hydrogens (tertiary/aromatic N) is 1. The van der Waals surface area contributed by atoms with E-state index in [1.54, 1.807) is 0 Å². The van der Waals surface area contributed by atoms with Crippen molar-refractivity contribution in [3.05, 3.63) is 35.4 Å². The predicted octanol–water partition coefficient (Wildman–Crippen LogP) is 3.10. The number of carbonyl (C=O) groups is 1. The third-order valence-corrected chi connectivity index (χ3v) is 3.72. The highest BCUT2D eigenvalue weighted by Gasteiger charge is 2.27. The van der Waals surface area contributed by atoms with Crippen LogP contribution in [0.2, 0.25) is 0 Å². The van der Waals surface area contributed by atoms with Crippen molar-refractivity contribution < 1.29 is 13.6 Å². The van der Waals surface area contributed by atoms with Gasteiger partial charge < -0.3 is 4.90 Å². The Morgan fingerprint density at radius 3 is 2.58 bits per heavy atom. The summed E-state index contributed by atoms with van der Waals surface area (Å²) in [6, 6.07) is 3.12. The minimum atomic E-state index is -0.770. The molecule has 1 saturated heterocycles. The van der Waals surface area contributed by atoms with Crippen LogP contribution in [0.1, 0.15) is 23.2 Å². The summed E-state index contributed by atoms with van der Waals surface area (Å²) in [7, 11) is 0. The Kier molecular flexibility index (Phi) is 4.88. The van der Waals surface area contributed by atoms with E-state index in [2.05, 4.69) is 4.90 Å². The van der Waals surface area contributed by atoms with E-state index < -0.39 is 11.6 Å². The molecule has 0 aliphatic carbocycles. The molecule has 0 bridgehead atoms. The lowest BCUT2D eigenvalue weighted by Gasteiger charge is -2.30. The molecule has 0 atom stereocenters. The van der Waals surface area contributed by atoms with Gasteiger partial charge in [0.05, 0.1) is 5.56 Å². The molecule has 2 rings (SSSR count). The zero-order chi connectivity index (χ0) is 13.8. The number of hydrogen-bond acceptors (Lipinski definition) is 2. The van der Waals surface area contributed by atoms with Gasteiger partial charge in [0.25, 0.3) is 0 Å². The van der Waals surface area contributed by atoms with Crippen molar-refractivity contribution in [1.29, 1.82) is 0 Å².